The first-order valence-electron chi connectivity index (χ1n) is 8.27. The molecule has 10 heteroatoms. The SMILES string of the molecule is C[C@H](c1ccc(S(C)(=O)=O)cn1)[C@@](O)(Cn1cncn1)c1ccc(F)cc1F. The Morgan fingerprint density at radius 1 is 1.25 bits per heavy atom. The predicted molar refractivity (Wildman–Crippen MR) is 96.0 cm³/mol. The summed E-state index contributed by atoms with van der Waals surface area (Å²) in [6.07, 6.45) is 4.87. The van der Waals surface area contributed by atoms with E-state index in [2.05, 4.69) is 15.1 Å². The van der Waals surface area contributed by atoms with Crippen LogP contribution in [0.25, 0.3) is 0 Å². The van der Waals surface area contributed by atoms with Crippen LogP contribution in [0.15, 0.2) is 54.1 Å². The molecule has 0 aliphatic rings. The van der Waals surface area contributed by atoms with E-state index in [4.69, 9.17) is 0 Å². The van der Waals surface area contributed by atoms with Gasteiger partial charge in [0.25, 0.3) is 0 Å². The van der Waals surface area contributed by atoms with Crippen LogP contribution in [0.2, 0.25) is 0 Å². The number of aliphatic hydroxyl groups is 1. The molecule has 1 N–H and O–H groups in total. The summed E-state index contributed by atoms with van der Waals surface area (Å²) >= 11 is 0. The Bertz CT molecular complexity index is 1070. The Morgan fingerprint density at radius 2 is 2.00 bits per heavy atom. The Hall–Kier alpha value is -2.72. The minimum Gasteiger partial charge on any atom is -0.382 e. The number of rotatable bonds is 6. The molecule has 0 saturated carbocycles. The van der Waals surface area contributed by atoms with E-state index in [9.17, 15) is 22.3 Å². The van der Waals surface area contributed by atoms with E-state index in [1.165, 1.54) is 41.7 Å². The molecule has 3 aromatic rings. The van der Waals surface area contributed by atoms with Gasteiger partial charge in [-0.15, -0.1) is 0 Å². The average molecular weight is 408 g/mol. The summed E-state index contributed by atoms with van der Waals surface area (Å²) in [6, 6.07) is 5.73. The largest absolute Gasteiger partial charge is 0.382 e. The minimum absolute atomic E-state index is 0.0243. The molecule has 148 valence electrons. The van der Waals surface area contributed by atoms with Gasteiger partial charge >= 0.3 is 0 Å². The van der Waals surface area contributed by atoms with Crippen molar-refractivity contribution in [2.45, 2.75) is 29.9 Å². The summed E-state index contributed by atoms with van der Waals surface area (Å²) in [5, 5.41) is 15.4. The van der Waals surface area contributed by atoms with Crippen molar-refractivity contribution in [2.24, 2.45) is 0 Å². The first kappa shape index (κ1) is 20.0. The molecule has 0 aliphatic heterocycles. The number of benzene rings is 1. The van der Waals surface area contributed by atoms with Gasteiger partial charge in [0.2, 0.25) is 0 Å². The van der Waals surface area contributed by atoms with Gasteiger partial charge in [0.1, 0.15) is 29.9 Å². The summed E-state index contributed by atoms with van der Waals surface area (Å²) < 4.78 is 52.5. The van der Waals surface area contributed by atoms with Crippen LogP contribution < -0.4 is 0 Å². The molecule has 2 atom stereocenters. The normalized spacial score (nSPS) is 15.2. The van der Waals surface area contributed by atoms with Gasteiger partial charge in [-0.3, -0.25) is 4.98 Å². The zero-order valence-corrected chi connectivity index (χ0v) is 15.9. The third-order valence-corrected chi connectivity index (χ3v) is 5.71. The van der Waals surface area contributed by atoms with Crippen molar-refractivity contribution in [2.75, 3.05) is 6.26 Å². The third kappa shape index (κ3) is 3.92. The number of sulfone groups is 1. The molecule has 0 fully saturated rings. The number of halogens is 2. The van der Waals surface area contributed by atoms with Crippen LogP contribution in [0.1, 0.15) is 24.1 Å². The van der Waals surface area contributed by atoms with Gasteiger partial charge in [-0.25, -0.2) is 26.9 Å². The van der Waals surface area contributed by atoms with Crippen LogP contribution >= 0.6 is 0 Å². The average Bonchev–Trinajstić information content (AvgIpc) is 3.13. The molecule has 0 aliphatic carbocycles. The molecule has 0 bridgehead atoms. The number of pyridine rings is 1. The lowest BCUT2D eigenvalue weighted by molar-refractivity contribution is -0.0123. The molecule has 2 aromatic heterocycles. The van der Waals surface area contributed by atoms with Gasteiger partial charge in [-0.2, -0.15) is 5.10 Å². The van der Waals surface area contributed by atoms with Gasteiger partial charge < -0.3 is 5.11 Å². The highest BCUT2D eigenvalue weighted by Crippen LogP contribution is 2.39. The van der Waals surface area contributed by atoms with Crippen molar-refractivity contribution in [1.82, 2.24) is 19.7 Å². The van der Waals surface area contributed by atoms with E-state index < -0.39 is 33.0 Å². The third-order valence-electron chi connectivity index (χ3n) is 4.61. The maximum absolute atomic E-state index is 14.5. The van der Waals surface area contributed by atoms with Gasteiger partial charge in [-0.05, 0) is 18.2 Å². The lowest BCUT2D eigenvalue weighted by atomic mass is 9.79. The van der Waals surface area contributed by atoms with E-state index in [0.717, 1.165) is 12.3 Å². The summed E-state index contributed by atoms with van der Waals surface area (Å²) in [6.45, 7) is 1.44. The van der Waals surface area contributed by atoms with Crippen molar-refractivity contribution >= 4 is 9.84 Å². The van der Waals surface area contributed by atoms with Crippen LogP contribution in [0.5, 0.6) is 0 Å². The predicted octanol–water partition coefficient (Wildman–Crippen LogP) is 2.05. The fraction of sp³-hybridized carbons (Fsp3) is 0.278. The smallest absolute Gasteiger partial charge is 0.177 e. The summed E-state index contributed by atoms with van der Waals surface area (Å²) in [5.41, 5.74) is -1.66. The van der Waals surface area contributed by atoms with Crippen LogP contribution in [0.4, 0.5) is 8.78 Å². The van der Waals surface area contributed by atoms with Crippen molar-refractivity contribution in [3.05, 3.63) is 72.1 Å². The van der Waals surface area contributed by atoms with Crippen LogP contribution in [-0.2, 0) is 22.0 Å². The Morgan fingerprint density at radius 3 is 2.54 bits per heavy atom. The quantitative estimate of drug-likeness (QED) is 0.670. The lowest BCUT2D eigenvalue weighted by Gasteiger charge is -2.34. The molecule has 0 spiro atoms. The standard InChI is InChI=1S/C18H18F2N4O3S/c1-12(17-6-4-14(8-22-17)28(2,26)27)18(25,9-24-11-21-10-23-24)15-5-3-13(19)7-16(15)20/h3-8,10-12,25H,9H2,1-2H3/t12-,18+/m1/s1. The molecular formula is C18H18F2N4O3S. The first-order valence-corrected chi connectivity index (χ1v) is 10.2. The molecule has 1 aromatic carbocycles. The highest BCUT2D eigenvalue weighted by molar-refractivity contribution is 7.90. The van der Waals surface area contributed by atoms with Crippen molar-refractivity contribution < 1.29 is 22.3 Å². The van der Waals surface area contributed by atoms with Crippen molar-refractivity contribution in [3.8, 4) is 0 Å². The molecule has 2 heterocycles. The van der Waals surface area contributed by atoms with Crippen LogP contribution in [0.3, 0.4) is 0 Å². The summed E-state index contributed by atoms with van der Waals surface area (Å²) in [7, 11) is -3.43. The molecule has 7 nitrogen and oxygen atoms in total. The van der Waals surface area contributed by atoms with Gasteiger partial charge in [0.05, 0.1) is 11.4 Å². The molecular weight excluding hydrogens is 390 g/mol. The number of nitrogens with zero attached hydrogens (tertiary/aromatic N) is 4. The van der Waals surface area contributed by atoms with E-state index in [0.29, 0.717) is 11.8 Å². The number of hydrogen-bond acceptors (Lipinski definition) is 6. The molecule has 0 unspecified atom stereocenters. The second kappa shape index (κ2) is 7.36. The van der Waals surface area contributed by atoms with E-state index >= 15 is 0 Å². The molecule has 0 radical (unpaired) electrons. The highest BCUT2D eigenvalue weighted by atomic mass is 32.2. The Labute approximate surface area is 160 Å². The zero-order chi connectivity index (χ0) is 20.5. The van der Waals surface area contributed by atoms with Crippen molar-refractivity contribution in [1.29, 1.82) is 0 Å². The van der Waals surface area contributed by atoms with E-state index in [-0.39, 0.29) is 17.0 Å². The molecule has 0 amide bonds. The van der Waals surface area contributed by atoms with Gasteiger partial charge in [0.15, 0.2) is 9.84 Å². The fourth-order valence-corrected chi connectivity index (χ4v) is 3.53. The van der Waals surface area contributed by atoms with Crippen LogP contribution in [-0.4, -0.2) is 39.5 Å². The second-order valence-corrected chi connectivity index (χ2v) is 8.57. The van der Waals surface area contributed by atoms with Crippen LogP contribution in [0, 0.1) is 11.6 Å². The molecule has 0 saturated heterocycles. The maximum atomic E-state index is 14.5. The number of hydrogen-bond donors (Lipinski definition) is 1. The van der Waals surface area contributed by atoms with Gasteiger partial charge in [-0.1, -0.05) is 13.0 Å². The second-order valence-electron chi connectivity index (χ2n) is 6.55. The maximum Gasteiger partial charge on any atom is 0.177 e. The lowest BCUT2D eigenvalue weighted by Crippen LogP contribution is -2.38. The number of aromatic nitrogens is 4. The van der Waals surface area contributed by atoms with Crippen molar-refractivity contribution in [3.63, 3.8) is 0 Å². The first-order chi connectivity index (χ1) is 13.1. The molecule has 3 rings (SSSR count). The highest BCUT2D eigenvalue weighted by Gasteiger charge is 2.40. The Kier molecular flexibility index (Phi) is 5.26. The molecule has 28 heavy (non-hydrogen) atoms. The fourth-order valence-electron chi connectivity index (χ4n) is 2.97. The zero-order valence-electron chi connectivity index (χ0n) is 15.1. The summed E-state index contributed by atoms with van der Waals surface area (Å²) in [4.78, 5) is 7.97. The van der Waals surface area contributed by atoms with Gasteiger partial charge in [0, 0.05) is 35.7 Å². The monoisotopic (exact) mass is 408 g/mol. The topological polar surface area (TPSA) is 98.0 Å². The van der Waals surface area contributed by atoms with E-state index in [1.807, 2.05) is 0 Å². The minimum atomic E-state index is -3.43. The Balaban J connectivity index is 2.07. The van der Waals surface area contributed by atoms with E-state index in [1.54, 1.807) is 6.92 Å². The summed E-state index contributed by atoms with van der Waals surface area (Å²) in [5.74, 6) is -2.47.